The van der Waals surface area contributed by atoms with E-state index in [0.717, 1.165) is 5.92 Å². The van der Waals surface area contributed by atoms with Crippen LogP contribution in [-0.4, -0.2) is 0 Å². The van der Waals surface area contributed by atoms with Gasteiger partial charge in [0, 0.05) is 0 Å². The maximum atomic E-state index is 4.16. The molecule has 2 rings (SSSR count). The lowest BCUT2D eigenvalue weighted by Gasteiger charge is -2.09. The Labute approximate surface area is 69.0 Å². The van der Waals surface area contributed by atoms with Crippen LogP contribution >= 0.6 is 0 Å². The van der Waals surface area contributed by atoms with Crippen molar-refractivity contribution in [3.63, 3.8) is 0 Å². The van der Waals surface area contributed by atoms with Gasteiger partial charge in [0.25, 0.3) is 0 Å². The molecule has 0 bridgehead atoms. The minimum atomic E-state index is 0.547. The van der Waals surface area contributed by atoms with Crippen molar-refractivity contribution < 1.29 is 0 Å². The summed E-state index contributed by atoms with van der Waals surface area (Å²) in [5.41, 5.74) is 3.42. The molecule has 2 saturated carbocycles. The molecular weight excluding hydrogens is 132 g/mol. The highest BCUT2D eigenvalue weighted by atomic mass is 14.6. The Hall–Kier alpha value is -0.520. The molecule has 2 atom stereocenters. The monoisotopic (exact) mass is 148 g/mol. The van der Waals surface area contributed by atoms with Crippen molar-refractivity contribution in [2.24, 2.45) is 11.3 Å². The maximum absolute atomic E-state index is 4.16. The third-order valence-electron chi connectivity index (χ3n) is 3.48. The van der Waals surface area contributed by atoms with Crippen LogP contribution in [0.1, 0.15) is 32.6 Å². The molecule has 0 heteroatoms. The highest BCUT2D eigenvalue weighted by molar-refractivity contribution is 5.32. The van der Waals surface area contributed by atoms with E-state index in [4.69, 9.17) is 0 Å². The van der Waals surface area contributed by atoms with E-state index in [9.17, 15) is 0 Å². The van der Waals surface area contributed by atoms with Gasteiger partial charge in [-0.2, -0.15) is 0 Å². The van der Waals surface area contributed by atoms with Crippen LogP contribution in [0.5, 0.6) is 0 Å². The highest BCUT2D eigenvalue weighted by Gasteiger charge is 2.57. The molecule has 0 aromatic rings. The van der Waals surface area contributed by atoms with E-state index in [2.05, 4.69) is 20.1 Å². The predicted molar refractivity (Wildman–Crippen MR) is 48.3 cm³/mol. The molecule has 11 heavy (non-hydrogen) atoms. The van der Waals surface area contributed by atoms with Crippen LogP contribution in [0.4, 0.5) is 0 Å². The molecule has 2 fully saturated rings. The lowest BCUT2D eigenvalue weighted by Crippen LogP contribution is -1.99. The molecule has 0 radical (unpaired) electrons. The van der Waals surface area contributed by atoms with Gasteiger partial charge in [-0.25, -0.2) is 0 Å². The minimum absolute atomic E-state index is 0.547. The van der Waals surface area contributed by atoms with Gasteiger partial charge in [0.2, 0.25) is 0 Å². The summed E-state index contributed by atoms with van der Waals surface area (Å²) in [6.07, 6.45) is 5.36. The lowest BCUT2D eigenvalue weighted by atomic mass is 9.95. The number of allylic oxidation sites excluding steroid dienone is 2. The molecular formula is C11H16. The van der Waals surface area contributed by atoms with E-state index in [1.807, 2.05) is 0 Å². The molecule has 0 nitrogen and oxygen atoms in total. The zero-order chi connectivity index (χ0) is 8.06. The Kier molecular flexibility index (Phi) is 1.30. The van der Waals surface area contributed by atoms with Crippen molar-refractivity contribution >= 4 is 0 Å². The van der Waals surface area contributed by atoms with Gasteiger partial charge in [0.15, 0.2) is 0 Å². The quantitative estimate of drug-likeness (QED) is 0.500. The maximum Gasteiger partial charge on any atom is -0.00192 e. The largest absolute Gasteiger partial charge is 0.0998 e. The summed E-state index contributed by atoms with van der Waals surface area (Å²) in [7, 11) is 0. The van der Waals surface area contributed by atoms with Crippen LogP contribution in [0.3, 0.4) is 0 Å². The number of hydrogen-bond acceptors (Lipinski definition) is 0. The minimum Gasteiger partial charge on any atom is -0.0998 e. The van der Waals surface area contributed by atoms with Crippen LogP contribution in [0.25, 0.3) is 0 Å². The van der Waals surface area contributed by atoms with Crippen molar-refractivity contribution in [3.8, 4) is 0 Å². The molecule has 0 aliphatic heterocycles. The average molecular weight is 148 g/mol. The van der Waals surface area contributed by atoms with Crippen molar-refractivity contribution in [1.82, 2.24) is 0 Å². The van der Waals surface area contributed by atoms with Gasteiger partial charge in [-0.15, -0.1) is 0 Å². The van der Waals surface area contributed by atoms with E-state index in [1.54, 1.807) is 0 Å². The second-order valence-corrected chi connectivity index (χ2v) is 4.22. The summed E-state index contributed by atoms with van der Waals surface area (Å²) in [6, 6.07) is 0. The van der Waals surface area contributed by atoms with Crippen molar-refractivity contribution in [2.75, 3.05) is 0 Å². The molecule has 0 saturated heterocycles. The summed E-state index contributed by atoms with van der Waals surface area (Å²) in [6.45, 7) is 10.3. The summed E-state index contributed by atoms with van der Waals surface area (Å²) >= 11 is 0. The summed E-state index contributed by atoms with van der Waals surface area (Å²) in [5, 5.41) is 0. The van der Waals surface area contributed by atoms with E-state index >= 15 is 0 Å². The second kappa shape index (κ2) is 2.00. The smallest absolute Gasteiger partial charge is 0.00192 e. The topological polar surface area (TPSA) is 0 Å². The first-order valence-electron chi connectivity index (χ1n) is 4.50. The first-order chi connectivity index (χ1) is 5.17. The number of rotatable bonds is 1. The Morgan fingerprint density at radius 1 is 1.64 bits per heavy atom. The average Bonchev–Trinajstić information content (AvgIpc) is 2.54. The summed E-state index contributed by atoms with van der Waals surface area (Å²) in [4.78, 5) is 0. The van der Waals surface area contributed by atoms with Crippen LogP contribution < -0.4 is 0 Å². The van der Waals surface area contributed by atoms with Gasteiger partial charge in [-0.3, -0.25) is 0 Å². The van der Waals surface area contributed by atoms with Crippen molar-refractivity contribution in [3.05, 3.63) is 24.3 Å². The molecule has 2 aliphatic rings. The predicted octanol–water partition coefficient (Wildman–Crippen LogP) is 3.31. The van der Waals surface area contributed by atoms with Gasteiger partial charge in [-0.05, 0) is 43.9 Å². The van der Waals surface area contributed by atoms with Crippen molar-refractivity contribution in [2.45, 2.75) is 32.6 Å². The van der Waals surface area contributed by atoms with E-state index < -0.39 is 0 Å². The van der Waals surface area contributed by atoms with E-state index in [-0.39, 0.29) is 0 Å². The molecule has 1 spiro atoms. The molecule has 2 unspecified atom stereocenters. The van der Waals surface area contributed by atoms with Crippen LogP contribution in [-0.2, 0) is 0 Å². The first-order valence-corrected chi connectivity index (χ1v) is 4.50. The van der Waals surface area contributed by atoms with Gasteiger partial charge >= 0.3 is 0 Å². The fourth-order valence-electron chi connectivity index (χ4n) is 2.66. The molecule has 0 aromatic heterocycles. The normalized spacial score (nSPS) is 41.5. The third kappa shape index (κ3) is 0.817. The van der Waals surface area contributed by atoms with Crippen LogP contribution in [0.15, 0.2) is 24.3 Å². The van der Waals surface area contributed by atoms with Gasteiger partial charge in [0.1, 0.15) is 0 Å². The van der Waals surface area contributed by atoms with Crippen LogP contribution in [0, 0.1) is 11.3 Å². The lowest BCUT2D eigenvalue weighted by molar-refractivity contribution is 0.580. The Bertz CT molecular complexity index is 224. The molecule has 0 amide bonds. The fourth-order valence-corrected chi connectivity index (χ4v) is 2.66. The first kappa shape index (κ1) is 7.15. The summed E-state index contributed by atoms with van der Waals surface area (Å²) in [5.74, 6) is 0.789. The second-order valence-electron chi connectivity index (χ2n) is 4.22. The highest BCUT2D eigenvalue weighted by Crippen LogP contribution is 2.67. The molecule has 60 valence electrons. The van der Waals surface area contributed by atoms with Gasteiger partial charge in [0.05, 0.1) is 0 Å². The summed E-state index contributed by atoms with van der Waals surface area (Å²) < 4.78 is 0. The Morgan fingerprint density at radius 2 is 2.36 bits per heavy atom. The van der Waals surface area contributed by atoms with E-state index in [1.165, 1.54) is 36.8 Å². The van der Waals surface area contributed by atoms with Gasteiger partial charge in [-0.1, -0.05) is 24.3 Å². The van der Waals surface area contributed by atoms with Gasteiger partial charge < -0.3 is 0 Å². The fraction of sp³-hybridized carbons (Fsp3) is 0.636. The van der Waals surface area contributed by atoms with E-state index in [0.29, 0.717) is 5.41 Å². The molecule has 0 heterocycles. The SMILES string of the molecule is C=C(C)C1CC12CCCC2=C. The number of hydrogen-bond donors (Lipinski definition) is 0. The Balaban J connectivity index is 2.17. The standard InChI is InChI=1S/C11H16/c1-8(2)10-7-11(10)6-4-5-9(11)3/h10H,1,3-7H2,2H3. The molecule has 0 N–H and O–H groups in total. The molecule has 2 aliphatic carbocycles. The van der Waals surface area contributed by atoms with Crippen LogP contribution in [0.2, 0.25) is 0 Å². The third-order valence-corrected chi connectivity index (χ3v) is 3.48. The zero-order valence-corrected chi connectivity index (χ0v) is 7.32. The Morgan fingerprint density at radius 3 is 2.73 bits per heavy atom. The zero-order valence-electron chi connectivity index (χ0n) is 7.32. The van der Waals surface area contributed by atoms with Crippen molar-refractivity contribution in [1.29, 1.82) is 0 Å². The molecule has 0 aromatic carbocycles.